The standard InChI is InChI=1S/C24H42F2N4O9S/c1-12(23(36)29-24(27)28)7-13-8-16(25)22(17(26)9-13)39-14-3-5-15(6-4-14)40(37,38)30(2)10-18(32)20(34)21(35)19(33)11-31/h7,13-22,31-35H,3-6,8-11H2,1-2H3,(H4,27,28,29,36)/b12-7+/t13?,14?,15?,16?,17?,18-,19+,20+,21+,22?/m0/s1. The number of aliphatic hydroxyl groups excluding tert-OH is 5. The lowest BCUT2D eigenvalue weighted by atomic mass is 9.83. The molecule has 0 spiro atoms. The highest BCUT2D eigenvalue weighted by Gasteiger charge is 2.42. The summed E-state index contributed by atoms with van der Waals surface area (Å²) in [7, 11) is -2.75. The summed E-state index contributed by atoms with van der Waals surface area (Å²) in [5.74, 6) is -1.66. The van der Waals surface area contributed by atoms with Crippen molar-refractivity contribution in [3.8, 4) is 0 Å². The van der Waals surface area contributed by atoms with Gasteiger partial charge in [-0.1, -0.05) is 6.08 Å². The molecule has 0 aromatic heterocycles. The van der Waals surface area contributed by atoms with E-state index in [9.17, 15) is 42.4 Å². The highest BCUT2D eigenvalue weighted by atomic mass is 32.2. The van der Waals surface area contributed by atoms with Crippen molar-refractivity contribution >= 4 is 21.9 Å². The molecule has 0 heterocycles. The van der Waals surface area contributed by atoms with Gasteiger partial charge in [0.2, 0.25) is 10.0 Å². The molecule has 13 nitrogen and oxygen atoms in total. The lowest BCUT2D eigenvalue weighted by molar-refractivity contribution is -0.119. The zero-order chi connectivity index (χ0) is 30.4. The second kappa shape index (κ2) is 14.9. The Balaban J connectivity index is 1.90. The van der Waals surface area contributed by atoms with E-state index >= 15 is 0 Å². The molecule has 40 heavy (non-hydrogen) atoms. The summed E-state index contributed by atoms with van der Waals surface area (Å²) in [5, 5.41) is 47.3. The van der Waals surface area contributed by atoms with Gasteiger partial charge in [-0.25, -0.2) is 21.5 Å². The summed E-state index contributed by atoms with van der Waals surface area (Å²) < 4.78 is 62.4. The molecule has 0 aromatic rings. The first kappa shape index (κ1) is 34.4. The van der Waals surface area contributed by atoms with Gasteiger partial charge < -0.3 is 41.7 Å². The average molecular weight is 601 g/mol. The van der Waals surface area contributed by atoms with E-state index in [-0.39, 0.29) is 44.1 Å². The second-order valence-corrected chi connectivity index (χ2v) is 12.9. The van der Waals surface area contributed by atoms with Crippen LogP contribution in [0, 0.1) is 5.92 Å². The quantitative estimate of drug-likeness (QED) is 0.0752. The zero-order valence-corrected chi connectivity index (χ0v) is 23.4. The Hall–Kier alpha value is -1.79. The van der Waals surface area contributed by atoms with Gasteiger partial charge in [0.15, 0.2) is 5.96 Å². The molecule has 2 aliphatic rings. The van der Waals surface area contributed by atoms with Gasteiger partial charge in [-0.3, -0.25) is 4.79 Å². The van der Waals surface area contributed by atoms with Crippen LogP contribution in [-0.4, -0.2) is 125 Å². The van der Waals surface area contributed by atoms with E-state index < -0.39 is 95.2 Å². The van der Waals surface area contributed by atoms with Gasteiger partial charge in [-0.2, -0.15) is 4.99 Å². The molecule has 0 aliphatic heterocycles. The Kier molecular flexibility index (Phi) is 12.8. The Bertz CT molecular complexity index is 994. The fraction of sp³-hybridized carbons (Fsp3) is 0.833. The van der Waals surface area contributed by atoms with Crippen molar-refractivity contribution in [2.24, 2.45) is 22.4 Å². The van der Waals surface area contributed by atoms with Gasteiger partial charge in [-0.05, 0) is 51.4 Å². The van der Waals surface area contributed by atoms with E-state index in [1.807, 2.05) is 0 Å². The first-order valence-electron chi connectivity index (χ1n) is 13.1. The van der Waals surface area contributed by atoms with Gasteiger partial charge in [0.25, 0.3) is 5.91 Å². The number of hydrogen-bond donors (Lipinski definition) is 7. The van der Waals surface area contributed by atoms with Gasteiger partial charge in [0, 0.05) is 19.2 Å². The molecule has 0 saturated heterocycles. The third-order valence-electron chi connectivity index (χ3n) is 7.42. The van der Waals surface area contributed by atoms with Gasteiger partial charge in [-0.15, -0.1) is 0 Å². The number of aliphatic hydroxyl groups is 5. The normalized spacial score (nSPS) is 31.3. The van der Waals surface area contributed by atoms with Gasteiger partial charge in [0.05, 0.1) is 24.1 Å². The summed E-state index contributed by atoms with van der Waals surface area (Å²) in [6, 6.07) is 0. The summed E-state index contributed by atoms with van der Waals surface area (Å²) in [6.45, 7) is 0.0170. The molecule has 9 N–H and O–H groups in total. The van der Waals surface area contributed by atoms with Crippen LogP contribution in [0.3, 0.4) is 0 Å². The summed E-state index contributed by atoms with van der Waals surface area (Å²) >= 11 is 0. The van der Waals surface area contributed by atoms with Crippen LogP contribution >= 0.6 is 0 Å². The van der Waals surface area contributed by atoms with Crippen LogP contribution in [0.1, 0.15) is 45.4 Å². The number of sulfonamides is 1. The molecule has 6 atom stereocenters. The van der Waals surface area contributed by atoms with E-state index in [4.69, 9.17) is 21.3 Å². The Morgan fingerprint density at radius 1 is 1.05 bits per heavy atom. The number of allylic oxidation sites excluding steroid dienone is 1. The molecular weight excluding hydrogens is 558 g/mol. The number of carbonyl (C=O) groups is 1. The predicted molar refractivity (Wildman–Crippen MR) is 141 cm³/mol. The number of aliphatic imine (C=N–C) groups is 1. The van der Waals surface area contributed by atoms with Crippen LogP contribution in [-0.2, 0) is 19.6 Å². The van der Waals surface area contributed by atoms with Crippen molar-refractivity contribution in [1.82, 2.24) is 4.31 Å². The third-order valence-corrected chi connectivity index (χ3v) is 9.75. The zero-order valence-electron chi connectivity index (χ0n) is 22.6. The number of ether oxygens (including phenoxy) is 1. The first-order valence-corrected chi connectivity index (χ1v) is 14.6. The largest absolute Gasteiger partial charge is 0.394 e. The minimum atomic E-state index is -3.95. The molecule has 2 aliphatic carbocycles. The maximum Gasteiger partial charge on any atom is 0.275 e. The van der Waals surface area contributed by atoms with Crippen LogP contribution in [0.5, 0.6) is 0 Å². The number of hydrogen-bond acceptors (Lipinski definition) is 9. The highest BCUT2D eigenvalue weighted by molar-refractivity contribution is 7.89. The van der Waals surface area contributed by atoms with E-state index in [0.29, 0.717) is 0 Å². The monoisotopic (exact) mass is 600 g/mol. The van der Waals surface area contributed by atoms with Crippen molar-refractivity contribution in [3.63, 3.8) is 0 Å². The molecule has 232 valence electrons. The number of likely N-dealkylation sites (N-methyl/N-ethyl adjacent to an activating group) is 1. The van der Waals surface area contributed by atoms with Crippen LogP contribution in [0.4, 0.5) is 8.78 Å². The fourth-order valence-electron chi connectivity index (χ4n) is 5.09. The third kappa shape index (κ3) is 9.11. The molecule has 16 heteroatoms. The van der Waals surface area contributed by atoms with Crippen LogP contribution in [0.15, 0.2) is 16.6 Å². The molecule has 0 aromatic carbocycles. The number of alkyl halides is 2. The fourth-order valence-corrected chi connectivity index (χ4v) is 6.83. The van der Waals surface area contributed by atoms with E-state index in [0.717, 1.165) is 4.31 Å². The molecule has 2 saturated carbocycles. The molecule has 0 radical (unpaired) electrons. The van der Waals surface area contributed by atoms with E-state index in [1.54, 1.807) is 0 Å². The number of nitrogens with two attached hydrogens (primary N) is 2. The topological polar surface area (TPSA) is 229 Å². The van der Waals surface area contributed by atoms with Crippen molar-refractivity contribution in [1.29, 1.82) is 0 Å². The van der Waals surface area contributed by atoms with Crippen LogP contribution in [0.2, 0.25) is 0 Å². The maximum absolute atomic E-state index is 14.9. The summed E-state index contributed by atoms with van der Waals surface area (Å²) in [5.41, 5.74) is 10.5. The molecule has 0 bridgehead atoms. The number of halogens is 2. The minimum absolute atomic E-state index is 0.0652. The van der Waals surface area contributed by atoms with E-state index in [2.05, 4.69) is 4.99 Å². The predicted octanol–water partition coefficient (Wildman–Crippen LogP) is -1.79. The number of carbonyl (C=O) groups excluding carboxylic acids is 1. The molecule has 1 amide bonds. The minimum Gasteiger partial charge on any atom is -0.394 e. The number of rotatable bonds is 12. The highest BCUT2D eigenvalue weighted by Crippen LogP contribution is 2.36. The summed E-state index contributed by atoms with van der Waals surface area (Å²) in [6.07, 6.45) is -10.4. The number of amides is 1. The van der Waals surface area contributed by atoms with Crippen molar-refractivity contribution < 1.29 is 52.3 Å². The Morgan fingerprint density at radius 2 is 1.57 bits per heavy atom. The molecular formula is C24H42F2N4O9S. The lowest BCUT2D eigenvalue weighted by Gasteiger charge is -2.38. The van der Waals surface area contributed by atoms with Gasteiger partial charge >= 0.3 is 0 Å². The average Bonchev–Trinajstić information content (AvgIpc) is 2.89. The van der Waals surface area contributed by atoms with Crippen molar-refractivity contribution in [3.05, 3.63) is 11.6 Å². The van der Waals surface area contributed by atoms with E-state index in [1.165, 1.54) is 20.0 Å². The number of guanidine groups is 1. The maximum atomic E-state index is 14.9. The summed E-state index contributed by atoms with van der Waals surface area (Å²) in [4.78, 5) is 15.3. The van der Waals surface area contributed by atoms with Gasteiger partial charge in [0.1, 0.15) is 36.8 Å². The Morgan fingerprint density at radius 3 is 2.08 bits per heavy atom. The SMILES string of the molecule is C/C(=C\C1CC(F)C(OC2CCC(S(=O)(=O)N(C)C[C@H](O)[C@@H](O)[C@H](O)[C@H](O)CO)CC2)C(F)C1)C(=O)N=C(N)N. The molecule has 2 fully saturated rings. The molecule has 2 rings (SSSR count). The van der Waals surface area contributed by atoms with Crippen molar-refractivity contribution in [2.45, 2.75) is 99.7 Å². The smallest absolute Gasteiger partial charge is 0.275 e. The van der Waals surface area contributed by atoms with Crippen LogP contribution in [0.25, 0.3) is 0 Å². The lowest BCUT2D eigenvalue weighted by Crippen LogP contribution is -2.51. The van der Waals surface area contributed by atoms with Crippen molar-refractivity contribution in [2.75, 3.05) is 20.2 Å². The Labute approximate surface area is 232 Å². The first-order chi connectivity index (χ1) is 18.6. The van der Waals surface area contributed by atoms with Crippen LogP contribution < -0.4 is 11.5 Å². The second-order valence-electron chi connectivity index (χ2n) is 10.6. The molecule has 2 unspecified atom stereocenters. The number of nitrogens with zero attached hydrogens (tertiary/aromatic N) is 2.